The van der Waals surface area contributed by atoms with Gasteiger partial charge in [-0.15, -0.1) is 0 Å². The number of likely N-dealkylation sites (N-methyl/N-ethyl adjacent to an activating group) is 1. The number of amides is 3. The van der Waals surface area contributed by atoms with Gasteiger partial charge in [0.1, 0.15) is 5.75 Å². The summed E-state index contributed by atoms with van der Waals surface area (Å²) in [7, 11) is 1.61. The quantitative estimate of drug-likeness (QED) is 0.528. The molecule has 0 spiro atoms. The summed E-state index contributed by atoms with van der Waals surface area (Å²) in [5.41, 5.74) is 8.12. The third-order valence-electron chi connectivity index (χ3n) is 5.34. The van der Waals surface area contributed by atoms with E-state index in [-0.39, 0.29) is 17.4 Å². The average Bonchev–Trinajstić information content (AvgIpc) is 2.94. The van der Waals surface area contributed by atoms with Crippen LogP contribution in [0.5, 0.6) is 5.75 Å². The highest BCUT2D eigenvalue weighted by atomic mass is 35.5. The van der Waals surface area contributed by atoms with Gasteiger partial charge in [-0.25, -0.2) is 4.99 Å². The van der Waals surface area contributed by atoms with Crippen molar-refractivity contribution in [2.45, 2.75) is 6.17 Å². The molecule has 0 aromatic heterocycles. The second kappa shape index (κ2) is 10.2. The number of nitrogens with zero attached hydrogens (tertiary/aromatic N) is 2. The number of hydrogen-bond donors (Lipinski definition) is 2. The van der Waals surface area contributed by atoms with Crippen molar-refractivity contribution in [2.75, 3.05) is 18.6 Å². The molecule has 1 unspecified atom stereocenters. The number of ether oxygens (including phenoxy) is 1. The third kappa shape index (κ3) is 5.29. The van der Waals surface area contributed by atoms with Crippen molar-refractivity contribution >= 4 is 52.3 Å². The van der Waals surface area contributed by atoms with Crippen LogP contribution in [-0.2, 0) is 9.59 Å². The molecule has 0 saturated heterocycles. The van der Waals surface area contributed by atoms with Gasteiger partial charge >= 0.3 is 0 Å². The number of aliphatic imine (C=N–C) groups is 1. The molecule has 0 aliphatic carbocycles. The molecule has 3 aromatic rings. The van der Waals surface area contributed by atoms with Gasteiger partial charge in [0.15, 0.2) is 6.61 Å². The third-order valence-corrected chi connectivity index (χ3v) is 5.87. The monoisotopic (exact) mass is 510 g/mol. The summed E-state index contributed by atoms with van der Waals surface area (Å²) < 4.78 is 5.48. The highest BCUT2D eigenvalue weighted by Crippen LogP contribution is 2.28. The molecule has 0 bridgehead atoms. The van der Waals surface area contributed by atoms with Crippen LogP contribution in [0.15, 0.2) is 71.7 Å². The van der Waals surface area contributed by atoms with Crippen molar-refractivity contribution in [2.24, 2.45) is 10.7 Å². The van der Waals surface area contributed by atoms with Gasteiger partial charge in [0, 0.05) is 28.8 Å². The molecular weight excluding hydrogens is 491 g/mol. The molecular formula is C25H20Cl2N4O4. The molecule has 178 valence electrons. The van der Waals surface area contributed by atoms with Gasteiger partial charge in [0.05, 0.1) is 16.4 Å². The van der Waals surface area contributed by atoms with E-state index < -0.39 is 23.9 Å². The fraction of sp³-hybridized carbons (Fsp3) is 0.120. The minimum atomic E-state index is -1.21. The number of fused-ring (bicyclic) bond motifs is 1. The Morgan fingerprint density at radius 2 is 1.80 bits per heavy atom. The molecule has 3 aromatic carbocycles. The highest BCUT2D eigenvalue weighted by molar-refractivity contribution is 6.35. The second-order valence-electron chi connectivity index (χ2n) is 7.67. The molecule has 1 atom stereocenters. The standard InChI is InChI=1S/C25H20Cl2N4O4/c1-31-19-5-3-2-4-17(19)22(14-6-8-15(9-7-14)23(28)33)30-24(25(31)34)29-21(32)13-35-20-11-10-16(26)12-18(20)27/h2-12,24H,13H2,1H3,(H2,28,33)(H,29,32). The van der Waals surface area contributed by atoms with E-state index >= 15 is 0 Å². The predicted octanol–water partition coefficient (Wildman–Crippen LogP) is 3.43. The van der Waals surface area contributed by atoms with Crippen molar-refractivity contribution in [3.8, 4) is 5.75 Å². The summed E-state index contributed by atoms with van der Waals surface area (Å²) in [6, 6.07) is 18.4. The van der Waals surface area contributed by atoms with E-state index in [4.69, 9.17) is 33.7 Å². The minimum Gasteiger partial charge on any atom is -0.482 e. The number of hydrogen-bond acceptors (Lipinski definition) is 5. The molecule has 1 aliphatic rings. The SMILES string of the molecule is CN1C(=O)C(NC(=O)COc2ccc(Cl)cc2Cl)N=C(c2ccc(C(N)=O)cc2)c2ccccc21. The Labute approximate surface area is 211 Å². The first-order valence-corrected chi connectivity index (χ1v) is 11.2. The van der Waals surface area contributed by atoms with Crippen molar-refractivity contribution in [3.63, 3.8) is 0 Å². The van der Waals surface area contributed by atoms with Crippen LogP contribution in [0.3, 0.4) is 0 Å². The van der Waals surface area contributed by atoms with Gasteiger partial charge in [-0.05, 0) is 36.4 Å². The number of anilines is 1. The van der Waals surface area contributed by atoms with E-state index in [1.165, 1.54) is 11.0 Å². The summed E-state index contributed by atoms with van der Waals surface area (Å²) in [6.07, 6.45) is -1.21. The number of carbonyl (C=O) groups excluding carboxylic acids is 3. The minimum absolute atomic E-state index is 0.255. The summed E-state index contributed by atoms with van der Waals surface area (Å²) in [4.78, 5) is 43.4. The van der Waals surface area contributed by atoms with Crippen LogP contribution >= 0.6 is 23.2 Å². The van der Waals surface area contributed by atoms with Crippen LogP contribution < -0.4 is 20.7 Å². The number of carbonyl (C=O) groups is 3. The zero-order valence-corrected chi connectivity index (χ0v) is 20.0. The topological polar surface area (TPSA) is 114 Å². The maximum Gasteiger partial charge on any atom is 0.272 e. The molecule has 3 N–H and O–H groups in total. The fourth-order valence-corrected chi connectivity index (χ4v) is 4.03. The van der Waals surface area contributed by atoms with E-state index in [2.05, 4.69) is 10.3 Å². The van der Waals surface area contributed by atoms with Crippen molar-refractivity contribution < 1.29 is 19.1 Å². The van der Waals surface area contributed by atoms with Crippen LogP contribution in [0.1, 0.15) is 21.5 Å². The number of halogens is 2. The molecule has 0 fully saturated rings. The first-order chi connectivity index (χ1) is 16.7. The molecule has 1 aliphatic heterocycles. The number of primary amides is 1. The molecule has 0 radical (unpaired) electrons. The Morgan fingerprint density at radius 3 is 2.49 bits per heavy atom. The van der Waals surface area contributed by atoms with Gasteiger partial charge in [0.2, 0.25) is 12.1 Å². The van der Waals surface area contributed by atoms with Crippen LogP contribution in [-0.4, -0.2) is 43.3 Å². The fourth-order valence-electron chi connectivity index (χ4n) is 3.57. The Bertz CT molecular complexity index is 1340. The Morgan fingerprint density at radius 1 is 1.09 bits per heavy atom. The first-order valence-electron chi connectivity index (χ1n) is 10.5. The van der Waals surface area contributed by atoms with E-state index in [1.54, 1.807) is 55.6 Å². The summed E-state index contributed by atoms with van der Waals surface area (Å²) >= 11 is 12.0. The maximum atomic E-state index is 13.2. The van der Waals surface area contributed by atoms with Gasteiger partial charge in [-0.3, -0.25) is 14.4 Å². The zero-order chi connectivity index (χ0) is 25.1. The number of nitrogens with one attached hydrogen (secondary N) is 1. The van der Waals surface area contributed by atoms with Gasteiger partial charge < -0.3 is 20.7 Å². The maximum absolute atomic E-state index is 13.2. The molecule has 8 nitrogen and oxygen atoms in total. The molecule has 10 heteroatoms. The van der Waals surface area contributed by atoms with Gasteiger partial charge in [0.25, 0.3) is 11.8 Å². The lowest BCUT2D eigenvalue weighted by molar-refractivity contribution is -0.128. The van der Waals surface area contributed by atoms with Gasteiger partial charge in [-0.1, -0.05) is 53.5 Å². The lowest BCUT2D eigenvalue weighted by Gasteiger charge is -2.21. The molecule has 35 heavy (non-hydrogen) atoms. The smallest absolute Gasteiger partial charge is 0.272 e. The lowest BCUT2D eigenvalue weighted by atomic mass is 9.99. The molecule has 4 rings (SSSR count). The summed E-state index contributed by atoms with van der Waals surface area (Å²) in [5.74, 6) is -1.28. The van der Waals surface area contributed by atoms with E-state index in [9.17, 15) is 14.4 Å². The average molecular weight is 511 g/mol. The van der Waals surface area contributed by atoms with Crippen LogP contribution in [0.2, 0.25) is 10.0 Å². The number of para-hydroxylation sites is 1. The summed E-state index contributed by atoms with van der Waals surface area (Å²) in [5, 5.41) is 3.31. The van der Waals surface area contributed by atoms with Crippen LogP contribution in [0.4, 0.5) is 5.69 Å². The number of rotatable bonds is 6. The molecule has 3 amide bonds. The first kappa shape index (κ1) is 24.3. The molecule has 0 saturated carbocycles. The van der Waals surface area contributed by atoms with Crippen LogP contribution in [0.25, 0.3) is 0 Å². The van der Waals surface area contributed by atoms with Crippen molar-refractivity contribution in [3.05, 3.63) is 93.5 Å². The lowest BCUT2D eigenvalue weighted by Crippen LogP contribution is -2.47. The predicted molar refractivity (Wildman–Crippen MR) is 134 cm³/mol. The number of benzene rings is 3. The number of nitrogens with two attached hydrogens (primary N) is 1. The van der Waals surface area contributed by atoms with Gasteiger partial charge in [-0.2, -0.15) is 0 Å². The summed E-state index contributed by atoms with van der Waals surface area (Å²) in [6.45, 7) is -0.389. The van der Waals surface area contributed by atoms with Crippen LogP contribution in [0, 0.1) is 0 Å². The Balaban J connectivity index is 1.63. The number of benzodiazepines with no additional fused rings is 1. The zero-order valence-electron chi connectivity index (χ0n) is 18.5. The highest BCUT2D eigenvalue weighted by Gasteiger charge is 2.31. The van der Waals surface area contributed by atoms with E-state index in [0.717, 1.165) is 0 Å². The Kier molecular flexibility index (Phi) is 7.04. The normalized spacial score (nSPS) is 15.1. The van der Waals surface area contributed by atoms with E-state index in [0.29, 0.717) is 33.1 Å². The Hall–Kier alpha value is -3.88. The van der Waals surface area contributed by atoms with E-state index in [1.807, 2.05) is 12.1 Å². The molecule has 1 heterocycles. The second-order valence-corrected chi connectivity index (χ2v) is 8.51. The van der Waals surface area contributed by atoms with Crippen molar-refractivity contribution in [1.29, 1.82) is 0 Å². The van der Waals surface area contributed by atoms with Crippen molar-refractivity contribution in [1.82, 2.24) is 5.32 Å². The largest absolute Gasteiger partial charge is 0.482 e.